The first-order valence-electron chi connectivity index (χ1n) is 12.9. The summed E-state index contributed by atoms with van der Waals surface area (Å²) in [7, 11) is 0. The van der Waals surface area contributed by atoms with Gasteiger partial charge >= 0.3 is 5.97 Å². The van der Waals surface area contributed by atoms with Gasteiger partial charge in [0.2, 0.25) is 5.91 Å². The number of esters is 1. The van der Waals surface area contributed by atoms with Crippen molar-refractivity contribution in [2.45, 2.75) is 150 Å². The number of primary amides is 1. The Bertz CT molecular complexity index is 335. The lowest BCUT2D eigenvalue weighted by atomic mass is 10.0. The van der Waals surface area contributed by atoms with E-state index in [1.54, 1.807) is 6.92 Å². The van der Waals surface area contributed by atoms with Crippen LogP contribution in [0.3, 0.4) is 0 Å². The Labute approximate surface area is 195 Å². The van der Waals surface area contributed by atoms with Gasteiger partial charge in [-0.2, -0.15) is 0 Å². The average Bonchev–Trinajstić information content (AvgIpc) is 2.71. The molecule has 5 nitrogen and oxygen atoms in total. The quantitative estimate of drug-likeness (QED) is 0.163. The molecule has 0 aliphatic rings. The van der Waals surface area contributed by atoms with Gasteiger partial charge in [0.1, 0.15) is 0 Å². The number of hydrogen-bond donors (Lipinski definition) is 2. The fourth-order valence-electron chi connectivity index (χ4n) is 2.87. The van der Waals surface area contributed by atoms with Gasteiger partial charge in [0.05, 0.1) is 6.61 Å². The molecule has 0 heterocycles. The number of carbonyl (C=O) groups is 2. The molecule has 0 fully saturated rings. The van der Waals surface area contributed by atoms with E-state index in [-0.39, 0.29) is 18.0 Å². The number of nitrogens with two attached hydrogens (primary N) is 1. The minimum absolute atomic E-state index is 0. The molecule has 0 aromatic heterocycles. The predicted molar refractivity (Wildman–Crippen MR) is 137 cm³/mol. The van der Waals surface area contributed by atoms with Crippen molar-refractivity contribution in [3.05, 3.63) is 0 Å². The lowest BCUT2D eigenvalue weighted by Gasteiger charge is -2.03. The van der Waals surface area contributed by atoms with Gasteiger partial charge < -0.3 is 16.6 Å². The molecule has 0 unspecified atom stereocenters. The maximum absolute atomic E-state index is 10.6. The van der Waals surface area contributed by atoms with Crippen LogP contribution in [0.25, 0.3) is 0 Å². The number of carbonyl (C=O) groups excluding carboxylic acids is 2. The van der Waals surface area contributed by atoms with Crippen molar-refractivity contribution >= 4 is 11.9 Å². The van der Waals surface area contributed by atoms with Crippen LogP contribution >= 0.6 is 0 Å². The Morgan fingerprint density at radius 3 is 1.10 bits per heavy atom. The third-order valence-electron chi connectivity index (χ3n) is 4.87. The Morgan fingerprint density at radius 1 is 0.581 bits per heavy atom. The van der Waals surface area contributed by atoms with Crippen molar-refractivity contribution in [2.24, 2.45) is 5.73 Å². The third kappa shape index (κ3) is 52.8. The zero-order chi connectivity index (χ0) is 23.3. The number of hydrogen-bond acceptors (Lipinski definition) is 4. The fraction of sp³-hybridized carbons (Fsp3) is 0.923. The van der Waals surface area contributed by atoms with Crippen LogP contribution in [0, 0.1) is 0 Å². The average molecular weight is 447 g/mol. The van der Waals surface area contributed by atoms with E-state index in [0.29, 0.717) is 13.0 Å². The van der Waals surface area contributed by atoms with Crippen LogP contribution in [0.5, 0.6) is 0 Å². The van der Waals surface area contributed by atoms with Crippen molar-refractivity contribution in [1.82, 2.24) is 6.15 Å². The minimum atomic E-state index is -0.211. The summed E-state index contributed by atoms with van der Waals surface area (Å²) in [5.41, 5.74) is 5.11. The summed E-state index contributed by atoms with van der Waals surface area (Å²) in [5.74, 6) is -0.364. The molecule has 190 valence electrons. The topological polar surface area (TPSA) is 104 Å². The summed E-state index contributed by atoms with van der Waals surface area (Å²) >= 11 is 0. The van der Waals surface area contributed by atoms with Crippen LogP contribution in [-0.4, -0.2) is 18.5 Å². The van der Waals surface area contributed by atoms with E-state index in [1.165, 1.54) is 110 Å². The van der Waals surface area contributed by atoms with Gasteiger partial charge in [-0.05, 0) is 13.3 Å². The van der Waals surface area contributed by atoms with E-state index < -0.39 is 0 Å². The van der Waals surface area contributed by atoms with E-state index in [9.17, 15) is 9.59 Å². The lowest BCUT2D eigenvalue weighted by Crippen LogP contribution is -2.09. The highest BCUT2D eigenvalue weighted by Gasteiger charge is 1.96. The Kier molecular flexibility index (Phi) is 43.6. The van der Waals surface area contributed by atoms with Crippen molar-refractivity contribution in [1.29, 1.82) is 0 Å². The van der Waals surface area contributed by atoms with Gasteiger partial charge in [-0.15, -0.1) is 0 Å². The van der Waals surface area contributed by atoms with E-state index in [2.05, 4.69) is 25.5 Å². The summed E-state index contributed by atoms with van der Waals surface area (Å²) in [6.07, 6.45) is 23.5. The van der Waals surface area contributed by atoms with Crippen molar-refractivity contribution < 1.29 is 14.3 Å². The summed E-state index contributed by atoms with van der Waals surface area (Å²) in [6, 6.07) is 0. The number of ether oxygens (including phenoxy) is 1. The van der Waals surface area contributed by atoms with Crippen molar-refractivity contribution in [3.8, 4) is 0 Å². The van der Waals surface area contributed by atoms with Gasteiger partial charge in [-0.1, -0.05) is 124 Å². The van der Waals surface area contributed by atoms with E-state index in [1.807, 2.05) is 0 Å². The molecule has 0 rings (SSSR count). The maximum Gasteiger partial charge on any atom is 0.302 e. The van der Waals surface area contributed by atoms with Gasteiger partial charge in [-0.3, -0.25) is 9.59 Å². The molecule has 0 atom stereocenters. The van der Waals surface area contributed by atoms with Crippen molar-refractivity contribution in [3.63, 3.8) is 0 Å². The van der Waals surface area contributed by atoms with Crippen LogP contribution in [0.15, 0.2) is 0 Å². The first-order valence-corrected chi connectivity index (χ1v) is 12.9. The fourth-order valence-corrected chi connectivity index (χ4v) is 2.87. The van der Waals surface area contributed by atoms with Crippen LogP contribution in [0.2, 0.25) is 0 Å². The van der Waals surface area contributed by atoms with Crippen LogP contribution in [0.1, 0.15) is 150 Å². The molecule has 0 spiro atoms. The van der Waals surface area contributed by atoms with E-state index in [4.69, 9.17) is 5.73 Å². The second-order valence-corrected chi connectivity index (χ2v) is 8.09. The molecule has 0 aromatic carbocycles. The smallest absolute Gasteiger partial charge is 0.302 e. The number of rotatable bonds is 18. The highest BCUT2D eigenvalue weighted by atomic mass is 16.5. The third-order valence-corrected chi connectivity index (χ3v) is 4.87. The molecule has 1 amide bonds. The molecule has 5 N–H and O–H groups in total. The normalized spacial score (nSPS) is 9.45. The molecule has 5 heteroatoms. The SMILES string of the molecule is CCCC.CCCCCCCCCCCCCCCCCC(N)=O.CCOC(C)=O.N. The largest absolute Gasteiger partial charge is 0.466 e. The second-order valence-electron chi connectivity index (χ2n) is 8.09. The van der Waals surface area contributed by atoms with Gasteiger partial charge in [-0.25, -0.2) is 0 Å². The van der Waals surface area contributed by atoms with Crippen LogP contribution < -0.4 is 11.9 Å². The van der Waals surface area contributed by atoms with E-state index >= 15 is 0 Å². The van der Waals surface area contributed by atoms with Crippen molar-refractivity contribution in [2.75, 3.05) is 6.61 Å². The zero-order valence-electron chi connectivity index (χ0n) is 21.9. The molecule has 0 saturated carbocycles. The summed E-state index contributed by atoms with van der Waals surface area (Å²) < 4.78 is 4.40. The standard InChI is InChI=1S/C18H37NO.C4H8O2.C4H10.H3N/c1-2-3-4-5-6-7-8-9-10-11-12-13-14-15-16-17-18(19)20;1-3-6-4(2)5;1-3-4-2;/h2-17H2,1H3,(H2,19,20);3H2,1-2H3;3-4H2,1-2H3;1H3. The van der Waals surface area contributed by atoms with E-state index in [0.717, 1.165) is 6.42 Å². The zero-order valence-corrected chi connectivity index (χ0v) is 21.9. The summed E-state index contributed by atoms with van der Waals surface area (Å²) in [5, 5.41) is 0. The number of unbranched alkanes of at least 4 members (excludes halogenated alkanes) is 15. The first kappa shape index (κ1) is 37.2. The second kappa shape index (κ2) is 36.3. The Balaban J connectivity index is -0.000000275. The van der Waals surface area contributed by atoms with Crippen LogP contribution in [-0.2, 0) is 14.3 Å². The molecule has 0 bridgehead atoms. The Morgan fingerprint density at radius 2 is 0.903 bits per heavy atom. The molecule has 0 aromatic rings. The Hall–Kier alpha value is -1.10. The minimum Gasteiger partial charge on any atom is -0.466 e. The summed E-state index contributed by atoms with van der Waals surface area (Å²) in [6.45, 7) is 10.3. The molecular formula is C26H58N2O3. The highest BCUT2D eigenvalue weighted by molar-refractivity contribution is 5.73. The van der Waals surface area contributed by atoms with Gasteiger partial charge in [0.25, 0.3) is 0 Å². The molecule has 0 aliphatic carbocycles. The maximum atomic E-state index is 10.6. The molecule has 31 heavy (non-hydrogen) atoms. The highest BCUT2D eigenvalue weighted by Crippen LogP contribution is 2.13. The molecule has 0 radical (unpaired) electrons. The van der Waals surface area contributed by atoms with Crippen LogP contribution in [0.4, 0.5) is 0 Å². The predicted octanol–water partition coefficient (Wildman–Crippen LogP) is 8.27. The van der Waals surface area contributed by atoms with Gasteiger partial charge in [0.15, 0.2) is 0 Å². The monoisotopic (exact) mass is 446 g/mol. The molecule has 0 saturated heterocycles. The summed E-state index contributed by atoms with van der Waals surface area (Å²) in [4.78, 5) is 20.4. The first-order chi connectivity index (χ1) is 14.5. The van der Waals surface area contributed by atoms with Gasteiger partial charge in [0, 0.05) is 13.3 Å². The number of amides is 1. The molecular weight excluding hydrogens is 388 g/mol. The molecule has 0 aliphatic heterocycles. The lowest BCUT2D eigenvalue weighted by molar-refractivity contribution is -0.140.